The van der Waals surface area contributed by atoms with Gasteiger partial charge in [-0.2, -0.15) is 5.10 Å². The predicted octanol–water partition coefficient (Wildman–Crippen LogP) is 3.31. The zero-order chi connectivity index (χ0) is 15.8. The number of aliphatic imine (C=N–C) groups is 1. The molecule has 2 atom stereocenters. The molecule has 1 aliphatic rings. The van der Waals surface area contributed by atoms with E-state index in [0.29, 0.717) is 6.54 Å². The summed E-state index contributed by atoms with van der Waals surface area (Å²) in [5, 5.41) is 11.0. The van der Waals surface area contributed by atoms with Gasteiger partial charge >= 0.3 is 0 Å². The smallest absolute Gasteiger partial charge is 0.191 e. The summed E-state index contributed by atoms with van der Waals surface area (Å²) >= 11 is 0. The predicted molar refractivity (Wildman–Crippen MR) is 107 cm³/mol. The van der Waals surface area contributed by atoms with Gasteiger partial charge in [0.1, 0.15) is 0 Å². The van der Waals surface area contributed by atoms with Crippen molar-refractivity contribution in [2.24, 2.45) is 23.9 Å². The van der Waals surface area contributed by atoms with Gasteiger partial charge in [-0.3, -0.25) is 4.68 Å². The van der Waals surface area contributed by atoms with Crippen molar-refractivity contribution in [3.63, 3.8) is 0 Å². The Morgan fingerprint density at radius 1 is 1.39 bits per heavy atom. The Morgan fingerprint density at radius 3 is 2.87 bits per heavy atom. The van der Waals surface area contributed by atoms with E-state index in [4.69, 9.17) is 0 Å². The number of aryl methyl sites for hydroxylation is 1. The standard InChI is InChI=1S/C17H31N5.HI/c1-4-18-17(20-13-16-9-11-21-22(16)3)19-10-8-15-7-5-6-14(2)12-15;/h9,11,14-15H,4-8,10,12-13H2,1-3H3,(H2,18,19,20);1H. The minimum atomic E-state index is 0. The topological polar surface area (TPSA) is 54.2 Å². The Morgan fingerprint density at radius 2 is 2.22 bits per heavy atom. The van der Waals surface area contributed by atoms with Crippen LogP contribution >= 0.6 is 24.0 Å². The zero-order valence-corrected chi connectivity index (χ0v) is 17.0. The number of guanidine groups is 1. The van der Waals surface area contributed by atoms with Gasteiger partial charge in [0.2, 0.25) is 0 Å². The average Bonchev–Trinajstić information content (AvgIpc) is 2.90. The third-order valence-corrected chi connectivity index (χ3v) is 4.56. The van der Waals surface area contributed by atoms with Crippen molar-refractivity contribution < 1.29 is 0 Å². The van der Waals surface area contributed by atoms with Crippen molar-refractivity contribution in [1.82, 2.24) is 20.4 Å². The normalized spacial score (nSPS) is 21.6. The molecule has 0 bridgehead atoms. The van der Waals surface area contributed by atoms with E-state index in [1.807, 2.05) is 24.0 Å². The highest BCUT2D eigenvalue weighted by molar-refractivity contribution is 14.0. The lowest BCUT2D eigenvalue weighted by Crippen LogP contribution is -2.38. The molecule has 2 rings (SSSR count). The van der Waals surface area contributed by atoms with Crippen LogP contribution < -0.4 is 10.6 Å². The van der Waals surface area contributed by atoms with Gasteiger partial charge in [0.15, 0.2) is 5.96 Å². The molecule has 2 N–H and O–H groups in total. The molecule has 0 aliphatic heterocycles. The van der Waals surface area contributed by atoms with Crippen LogP contribution in [-0.4, -0.2) is 28.8 Å². The maximum Gasteiger partial charge on any atom is 0.191 e. The van der Waals surface area contributed by atoms with Crippen molar-refractivity contribution in [3.05, 3.63) is 18.0 Å². The Labute approximate surface area is 157 Å². The van der Waals surface area contributed by atoms with Crippen LogP contribution in [0.4, 0.5) is 0 Å². The first-order chi connectivity index (χ1) is 10.7. The third kappa shape index (κ3) is 7.10. The van der Waals surface area contributed by atoms with Crippen LogP contribution in [0.5, 0.6) is 0 Å². The Bertz CT molecular complexity index is 471. The first-order valence-electron chi connectivity index (χ1n) is 8.68. The summed E-state index contributed by atoms with van der Waals surface area (Å²) in [6, 6.07) is 2.01. The summed E-state index contributed by atoms with van der Waals surface area (Å²) in [6.07, 6.45) is 8.67. The van der Waals surface area contributed by atoms with E-state index in [2.05, 4.69) is 34.6 Å². The number of hydrogen-bond acceptors (Lipinski definition) is 2. The van der Waals surface area contributed by atoms with Gasteiger partial charge in [-0.25, -0.2) is 4.99 Å². The third-order valence-electron chi connectivity index (χ3n) is 4.56. The first-order valence-corrected chi connectivity index (χ1v) is 8.68. The largest absolute Gasteiger partial charge is 0.357 e. The summed E-state index contributed by atoms with van der Waals surface area (Å²) < 4.78 is 1.87. The molecule has 1 aliphatic carbocycles. The second kappa shape index (κ2) is 10.9. The molecule has 5 nitrogen and oxygen atoms in total. The SMILES string of the molecule is CCNC(=NCc1ccnn1C)NCCC1CCCC(C)C1.I. The molecule has 1 aromatic rings. The summed E-state index contributed by atoms with van der Waals surface area (Å²) in [7, 11) is 1.95. The molecular formula is C17H32IN5. The van der Waals surface area contributed by atoms with Gasteiger partial charge in [-0.1, -0.05) is 26.2 Å². The van der Waals surface area contributed by atoms with Crippen LogP contribution in [0.15, 0.2) is 17.3 Å². The molecule has 0 aromatic carbocycles. The molecule has 0 radical (unpaired) electrons. The molecular weight excluding hydrogens is 401 g/mol. The molecule has 0 saturated heterocycles. The van der Waals surface area contributed by atoms with Crippen LogP contribution in [0.3, 0.4) is 0 Å². The minimum absolute atomic E-state index is 0. The van der Waals surface area contributed by atoms with E-state index in [-0.39, 0.29) is 24.0 Å². The van der Waals surface area contributed by atoms with Gasteiger partial charge in [0.25, 0.3) is 0 Å². The maximum atomic E-state index is 4.65. The number of rotatable bonds is 6. The van der Waals surface area contributed by atoms with Crippen LogP contribution in [-0.2, 0) is 13.6 Å². The van der Waals surface area contributed by atoms with Crippen molar-refractivity contribution in [2.45, 2.75) is 52.5 Å². The average molecular weight is 433 g/mol. The van der Waals surface area contributed by atoms with Crippen LogP contribution in [0.1, 0.15) is 51.6 Å². The summed E-state index contributed by atoms with van der Waals surface area (Å²) in [5.41, 5.74) is 1.12. The van der Waals surface area contributed by atoms with Crippen molar-refractivity contribution in [2.75, 3.05) is 13.1 Å². The second-order valence-corrected chi connectivity index (χ2v) is 6.49. The molecule has 23 heavy (non-hydrogen) atoms. The molecule has 0 spiro atoms. The fourth-order valence-corrected chi connectivity index (χ4v) is 3.27. The zero-order valence-electron chi connectivity index (χ0n) is 14.7. The van der Waals surface area contributed by atoms with E-state index in [0.717, 1.165) is 36.6 Å². The number of halogens is 1. The van der Waals surface area contributed by atoms with E-state index in [9.17, 15) is 0 Å². The van der Waals surface area contributed by atoms with E-state index >= 15 is 0 Å². The Hall–Kier alpha value is -0.790. The Kier molecular flexibility index (Phi) is 9.59. The quantitative estimate of drug-likeness (QED) is 0.411. The van der Waals surface area contributed by atoms with E-state index in [1.165, 1.54) is 32.1 Å². The first kappa shape index (κ1) is 20.3. The van der Waals surface area contributed by atoms with Crippen molar-refractivity contribution >= 4 is 29.9 Å². The highest BCUT2D eigenvalue weighted by Gasteiger charge is 2.18. The number of hydrogen-bond donors (Lipinski definition) is 2. The van der Waals surface area contributed by atoms with Gasteiger partial charge in [-0.15, -0.1) is 24.0 Å². The highest BCUT2D eigenvalue weighted by atomic mass is 127. The molecule has 1 heterocycles. The lowest BCUT2D eigenvalue weighted by atomic mass is 9.81. The second-order valence-electron chi connectivity index (χ2n) is 6.49. The molecule has 0 amide bonds. The van der Waals surface area contributed by atoms with Crippen molar-refractivity contribution in [1.29, 1.82) is 0 Å². The minimum Gasteiger partial charge on any atom is -0.357 e. The van der Waals surface area contributed by atoms with Crippen molar-refractivity contribution in [3.8, 4) is 0 Å². The van der Waals surface area contributed by atoms with E-state index in [1.54, 1.807) is 0 Å². The summed E-state index contributed by atoms with van der Waals surface area (Å²) in [5.74, 6) is 2.70. The number of aromatic nitrogens is 2. The van der Waals surface area contributed by atoms with Crippen LogP contribution in [0.2, 0.25) is 0 Å². The van der Waals surface area contributed by atoms with Gasteiger partial charge < -0.3 is 10.6 Å². The van der Waals surface area contributed by atoms with Gasteiger partial charge in [0.05, 0.1) is 12.2 Å². The van der Waals surface area contributed by atoms with Crippen LogP contribution in [0, 0.1) is 11.8 Å². The molecule has 132 valence electrons. The number of nitrogens with one attached hydrogen (secondary N) is 2. The number of nitrogens with zero attached hydrogens (tertiary/aromatic N) is 3. The highest BCUT2D eigenvalue weighted by Crippen LogP contribution is 2.30. The van der Waals surface area contributed by atoms with E-state index < -0.39 is 0 Å². The fourth-order valence-electron chi connectivity index (χ4n) is 3.27. The molecule has 1 aromatic heterocycles. The lowest BCUT2D eigenvalue weighted by Gasteiger charge is -2.26. The van der Waals surface area contributed by atoms with Gasteiger partial charge in [0, 0.05) is 26.3 Å². The summed E-state index contributed by atoms with van der Waals surface area (Å²) in [4.78, 5) is 4.65. The molecule has 2 unspecified atom stereocenters. The summed E-state index contributed by atoms with van der Waals surface area (Å²) in [6.45, 7) is 7.04. The molecule has 6 heteroatoms. The molecule has 1 fully saturated rings. The van der Waals surface area contributed by atoms with Gasteiger partial charge in [-0.05, 0) is 37.7 Å². The molecule has 1 saturated carbocycles. The maximum absolute atomic E-state index is 4.65. The lowest BCUT2D eigenvalue weighted by molar-refractivity contribution is 0.270. The van der Waals surface area contributed by atoms with Crippen LogP contribution in [0.25, 0.3) is 0 Å². The fraction of sp³-hybridized carbons (Fsp3) is 0.765. The monoisotopic (exact) mass is 433 g/mol. The Balaban J connectivity index is 0.00000264.